The molecule has 2 aromatic rings. The molecular formula is C6H3BrSSe. The molecule has 0 atom stereocenters. The van der Waals surface area contributed by atoms with E-state index in [0.29, 0.717) is 14.5 Å². The molecule has 0 N–H and O–H groups in total. The third-order valence-corrected chi connectivity index (χ3v) is 5.20. The molecule has 3 heteroatoms. The standard InChI is InChI=1S/C6H3BrSSe/c7-6-3-4-5(9-6)1-2-8-4/h1-3H. The van der Waals surface area contributed by atoms with Crippen molar-refractivity contribution in [3.8, 4) is 0 Å². The molecule has 0 amide bonds. The Morgan fingerprint density at radius 1 is 1.56 bits per heavy atom. The number of halogens is 1. The van der Waals surface area contributed by atoms with Crippen molar-refractivity contribution in [2.75, 3.05) is 0 Å². The van der Waals surface area contributed by atoms with E-state index in [0.717, 1.165) is 0 Å². The van der Waals surface area contributed by atoms with Crippen LogP contribution < -0.4 is 0 Å². The van der Waals surface area contributed by atoms with Gasteiger partial charge in [-0.1, -0.05) is 0 Å². The van der Waals surface area contributed by atoms with Crippen LogP contribution in [-0.2, 0) is 0 Å². The van der Waals surface area contributed by atoms with E-state index in [-0.39, 0.29) is 0 Å². The van der Waals surface area contributed by atoms with E-state index in [1.807, 2.05) is 11.3 Å². The minimum absolute atomic E-state index is 0.579. The normalized spacial score (nSPS) is 10.8. The van der Waals surface area contributed by atoms with Crippen LogP contribution >= 0.6 is 27.3 Å². The van der Waals surface area contributed by atoms with E-state index >= 15 is 0 Å². The maximum atomic E-state index is 3.49. The average molecular weight is 266 g/mol. The summed E-state index contributed by atoms with van der Waals surface area (Å²) in [5.74, 6) is 0. The van der Waals surface area contributed by atoms with Gasteiger partial charge in [-0.25, -0.2) is 0 Å². The summed E-state index contributed by atoms with van der Waals surface area (Å²) in [6.45, 7) is 0. The monoisotopic (exact) mass is 266 g/mol. The van der Waals surface area contributed by atoms with Crippen molar-refractivity contribution >= 4 is 50.7 Å². The minimum atomic E-state index is 0.579. The van der Waals surface area contributed by atoms with Gasteiger partial charge in [0.15, 0.2) is 0 Å². The first-order valence-corrected chi connectivity index (χ1v) is 5.87. The molecule has 9 heavy (non-hydrogen) atoms. The summed E-state index contributed by atoms with van der Waals surface area (Å²) in [6, 6.07) is 4.44. The molecule has 2 rings (SSSR count). The molecule has 0 unspecified atom stereocenters. The van der Waals surface area contributed by atoms with Gasteiger partial charge < -0.3 is 0 Å². The van der Waals surface area contributed by atoms with Gasteiger partial charge in [-0.15, -0.1) is 0 Å². The molecule has 0 bridgehead atoms. The van der Waals surface area contributed by atoms with Gasteiger partial charge >= 0.3 is 71.6 Å². The molecule has 0 nitrogen and oxygen atoms in total. The van der Waals surface area contributed by atoms with Crippen LogP contribution in [0.3, 0.4) is 0 Å². The van der Waals surface area contributed by atoms with Gasteiger partial charge in [-0.2, -0.15) is 0 Å². The molecule has 0 aliphatic carbocycles. The molecule has 2 aromatic heterocycles. The van der Waals surface area contributed by atoms with Gasteiger partial charge in [0.2, 0.25) is 0 Å². The molecule has 0 aliphatic heterocycles. The van der Waals surface area contributed by atoms with Gasteiger partial charge in [0, 0.05) is 0 Å². The third kappa shape index (κ3) is 1.03. The summed E-state index contributed by atoms with van der Waals surface area (Å²) < 4.78 is 4.35. The zero-order valence-electron chi connectivity index (χ0n) is 4.43. The van der Waals surface area contributed by atoms with Crippen LogP contribution in [0.2, 0.25) is 0 Å². The Bertz CT molecular complexity index is 294. The molecule has 46 valence electrons. The Balaban J connectivity index is 2.92. The van der Waals surface area contributed by atoms with Crippen molar-refractivity contribution in [3.63, 3.8) is 0 Å². The first-order valence-electron chi connectivity index (χ1n) is 2.49. The molecule has 0 saturated carbocycles. The SMILES string of the molecule is Brc1cc2sccc2[se]1. The topological polar surface area (TPSA) is 0 Å². The molecule has 2 heterocycles. The summed E-state index contributed by atoms with van der Waals surface area (Å²) in [5.41, 5.74) is 0. The second-order valence-electron chi connectivity index (χ2n) is 1.70. The fraction of sp³-hybridized carbons (Fsp3) is 0. The molecule has 0 spiro atoms. The van der Waals surface area contributed by atoms with Crippen LogP contribution in [0.5, 0.6) is 0 Å². The molecule has 0 fully saturated rings. The van der Waals surface area contributed by atoms with Crippen LogP contribution in [0.1, 0.15) is 0 Å². The van der Waals surface area contributed by atoms with Gasteiger partial charge in [0.25, 0.3) is 0 Å². The number of hydrogen-bond donors (Lipinski definition) is 0. The second-order valence-corrected chi connectivity index (χ2v) is 6.96. The summed E-state index contributed by atoms with van der Waals surface area (Å²) in [4.78, 5) is 0. The van der Waals surface area contributed by atoms with Crippen molar-refractivity contribution in [2.24, 2.45) is 0 Å². The Morgan fingerprint density at radius 3 is 3.22 bits per heavy atom. The number of fused-ring (bicyclic) bond motifs is 1. The fourth-order valence-corrected chi connectivity index (χ4v) is 5.06. The average Bonchev–Trinajstić information content (AvgIpc) is 2.22. The summed E-state index contributed by atoms with van der Waals surface area (Å²) in [5, 5.41) is 2.16. The van der Waals surface area contributed by atoms with E-state index in [4.69, 9.17) is 0 Å². The van der Waals surface area contributed by atoms with Crippen LogP contribution in [0.25, 0.3) is 8.96 Å². The van der Waals surface area contributed by atoms with Crippen molar-refractivity contribution in [2.45, 2.75) is 0 Å². The van der Waals surface area contributed by atoms with Crippen molar-refractivity contribution in [1.29, 1.82) is 0 Å². The Morgan fingerprint density at radius 2 is 2.44 bits per heavy atom. The molecule has 0 radical (unpaired) electrons. The number of thiophene rings is 1. The number of hydrogen-bond acceptors (Lipinski definition) is 1. The summed E-state index contributed by atoms with van der Waals surface area (Å²) in [6.07, 6.45) is 0. The van der Waals surface area contributed by atoms with Gasteiger partial charge in [-0.3, -0.25) is 0 Å². The van der Waals surface area contributed by atoms with Crippen molar-refractivity contribution < 1.29 is 0 Å². The van der Waals surface area contributed by atoms with E-state index in [1.54, 1.807) is 0 Å². The maximum absolute atomic E-state index is 3.49. The van der Waals surface area contributed by atoms with Crippen LogP contribution in [-0.4, -0.2) is 14.5 Å². The molecule has 0 saturated heterocycles. The molecule has 0 aromatic carbocycles. The van der Waals surface area contributed by atoms with E-state index in [9.17, 15) is 0 Å². The van der Waals surface area contributed by atoms with E-state index < -0.39 is 0 Å². The molecular weight excluding hydrogens is 263 g/mol. The van der Waals surface area contributed by atoms with E-state index in [2.05, 4.69) is 33.4 Å². The Hall–Kier alpha value is 0.439. The van der Waals surface area contributed by atoms with Crippen molar-refractivity contribution in [1.82, 2.24) is 0 Å². The summed E-state index contributed by atoms with van der Waals surface area (Å²) >= 11 is 5.90. The third-order valence-electron chi connectivity index (χ3n) is 1.11. The molecule has 0 aliphatic rings. The van der Waals surface area contributed by atoms with Gasteiger partial charge in [-0.05, 0) is 0 Å². The summed E-state index contributed by atoms with van der Waals surface area (Å²) in [7, 11) is 0. The second kappa shape index (κ2) is 2.24. The Labute approximate surface area is 71.4 Å². The predicted molar refractivity (Wildman–Crippen MR) is 46.5 cm³/mol. The van der Waals surface area contributed by atoms with Gasteiger partial charge in [0.1, 0.15) is 0 Å². The Kier molecular flexibility index (Phi) is 1.54. The zero-order valence-corrected chi connectivity index (χ0v) is 8.54. The van der Waals surface area contributed by atoms with Crippen LogP contribution in [0, 0.1) is 0 Å². The van der Waals surface area contributed by atoms with E-state index in [1.165, 1.54) is 12.3 Å². The quantitative estimate of drug-likeness (QED) is 0.643. The van der Waals surface area contributed by atoms with Crippen LogP contribution in [0.15, 0.2) is 20.9 Å². The first-order chi connectivity index (χ1) is 4.36. The fourth-order valence-electron chi connectivity index (χ4n) is 0.736. The van der Waals surface area contributed by atoms with Crippen LogP contribution in [0.4, 0.5) is 0 Å². The van der Waals surface area contributed by atoms with Gasteiger partial charge in [0.05, 0.1) is 0 Å². The number of rotatable bonds is 0. The van der Waals surface area contributed by atoms with Crippen molar-refractivity contribution in [3.05, 3.63) is 20.9 Å². The predicted octanol–water partition coefficient (Wildman–Crippen LogP) is 2.72. The first kappa shape index (κ1) is 6.17. The zero-order chi connectivity index (χ0) is 6.27.